The third kappa shape index (κ3) is 2.24. The van der Waals surface area contributed by atoms with E-state index >= 15 is 0 Å². The summed E-state index contributed by atoms with van der Waals surface area (Å²) in [6, 6.07) is 0. The molecular weight excluding hydrogens is 260 g/mol. The van der Waals surface area contributed by atoms with Crippen molar-refractivity contribution >= 4 is 15.8 Å². The number of carboxylic acids is 1. The molecule has 7 nitrogen and oxygen atoms in total. The van der Waals surface area contributed by atoms with Gasteiger partial charge in [0.25, 0.3) is 0 Å². The van der Waals surface area contributed by atoms with Gasteiger partial charge in [0.05, 0.1) is 11.8 Å². The molecule has 1 aromatic rings. The molecule has 0 saturated heterocycles. The number of carbonyl (C=O) groups is 1. The maximum Gasteiger partial charge on any atom is 0.307 e. The van der Waals surface area contributed by atoms with Crippen molar-refractivity contribution in [2.45, 2.75) is 25.5 Å². The van der Waals surface area contributed by atoms with Crippen LogP contribution in [-0.4, -0.2) is 35.9 Å². The Hall–Kier alpha value is -1.44. The van der Waals surface area contributed by atoms with Crippen LogP contribution >= 0.6 is 0 Å². The molecule has 1 aliphatic carbocycles. The summed E-state index contributed by atoms with van der Waals surface area (Å²) in [6.45, 7) is 3.60. The van der Waals surface area contributed by atoms with Gasteiger partial charge in [-0.2, -0.15) is 4.98 Å². The van der Waals surface area contributed by atoms with Crippen molar-refractivity contribution in [1.82, 2.24) is 10.1 Å². The van der Waals surface area contributed by atoms with E-state index in [1.807, 2.05) is 0 Å². The lowest BCUT2D eigenvalue weighted by molar-refractivity contribution is -0.139. The zero-order valence-corrected chi connectivity index (χ0v) is 11.1. The van der Waals surface area contributed by atoms with Gasteiger partial charge in [0, 0.05) is 6.26 Å². The SMILES string of the molecule is CC1(C)C(C(=O)O)C1c1nc(CS(C)(=O)=O)no1. The third-order valence-corrected chi connectivity index (χ3v) is 4.02. The van der Waals surface area contributed by atoms with Crippen LogP contribution in [0.5, 0.6) is 0 Å². The van der Waals surface area contributed by atoms with Gasteiger partial charge < -0.3 is 9.63 Å². The normalized spacial score (nSPS) is 25.9. The van der Waals surface area contributed by atoms with Crippen molar-refractivity contribution in [2.24, 2.45) is 11.3 Å². The highest BCUT2D eigenvalue weighted by Crippen LogP contribution is 2.63. The highest BCUT2D eigenvalue weighted by Gasteiger charge is 2.65. The van der Waals surface area contributed by atoms with E-state index in [1.54, 1.807) is 13.8 Å². The molecule has 8 heteroatoms. The summed E-state index contributed by atoms with van der Waals surface area (Å²) in [4.78, 5) is 15.0. The first-order valence-corrected chi connectivity index (χ1v) is 7.42. The van der Waals surface area contributed by atoms with E-state index in [9.17, 15) is 13.2 Å². The summed E-state index contributed by atoms with van der Waals surface area (Å²) >= 11 is 0. The molecule has 0 aliphatic heterocycles. The molecule has 0 amide bonds. The molecule has 0 spiro atoms. The number of aromatic nitrogens is 2. The first-order chi connectivity index (χ1) is 8.13. The molecule has 2 unspecified atom stereocenters. The highest BCUT2D eigenvalue weighted by atomic mass is 32.2. The fourth-order valence-corrected chi connectivity index (χ4v) is 2.83. The first kappa shape index (κ1) is 13.0. The Kier molecular flexibility index (Phi) is 2.73. The smallest absolute Gasteiger partial charge is 0.307 e. The molecular formula is C10H14N2O5S. The second-order valence-electron chi connectivity index (χ2n) is 5.23. The Morgan fingerprint density at radius 1 is 1.50 bits per heavy atom. The van der Waals surface area contributed by atoms with Crippen molar-refractivity contribution < 1.29 is 22.8 Å². The van der Waals surface area contributed by atoms with E-state index in [4.69, 9.17) is 9.63 Å². The fourth-order valence-electron chi connectivity index (χ4n) is 2.25. The highest BCUT2D eigenvalue weighted by molar-refractivity contribution is 7.89. The number of nitrogens with zero attached hydrogens (tertiary/aromatic N) is 2. The van der Waals surface area contributed by atoms with E-state index in [-0.39, 0.29) is 23.4 Å². The molecule has 18 heavy (non-hydrogen) atoms. The lowest BCUT2D eigenvalue weighted by Crippen LogP contribution is -2.03. The number of hydrogen-bond acceptors (Lipinski definition) is 6. The van der Waals surface area contributed by atoms with Gasteiger partial charge in [-0.25, -0.2) is 8.42 Å². The van der Waals surface area contributed by atoms with Gasteiger partial charge >= 0.3 is 5.97 Å². The third-order valence-electron chi connectivity index (χ3n) is 3.23. The summed E-state index contributed by atoms with van der Waals surface area (Å²) in [7, 11) is -3.23. The van der Waals surface area contributed by atoms with Crippen molar-refractivity contribution in [3.05, 3.63) is 11.7 Å². The molecule has 1 aliphatic rings. The molecule has 2 rings (SSSR count). The van der Waals surface area contributed by atoms with Gasteiger partial charge in [0.15, 0.2) is 15.7 Å². The quantitative estimate of drug-likeness (QED) is 0.847. The molecule has 1 aromatic heterocycles. The second-order valence-corrected chi connectivity index (χ2v) is 7.37. The van der Waals surface area contributed by atoms with Gasteiger partial charge in [-0.1, -0.05) is 19.0 Å². The molecule has 0 bridgehead atoms. The number of aliphatic carboxylic acids is 1. The van der Waals surface area contributed by atoms with Crippen molar-refractivity contribution in [2.75, 3.05) is 6.26 Å². The first-order valence-electron chi connectivity index (χ1n) is 5.36. The zero-order chi connectivity index (χ0) is 13.7. The van der Waals surface area contributed by atoms with E-state index in [0.717, 1.165) is 6.26 Å². The number of carboxylic acid groups (broad SMARTS) is 1. The van der Waals surface area contributed by atoms with Crippen molar-refractivity contribution in [3.8, 4) is 0 Å². The number of sulfone groups is 1. The Labute approximate surface area is 104 Å². The van der Waals surface area contributed by atoms with E-state index in [0.29, 0.717) is 0 Å². The molecule has 2 atom stereocenters. The standard InChI is InChI=1S/C10H14N2O5S/c1-10(2)6(7(10)9(13)14)8-11-5(12-17-8)4-18(3,15)16/h6-7H,4H2,1-3H3,(H,13,14). The van der Waals surface area contributed by atoms with Crippen LogP contribution < -0.4 is 0 Å². The molecule has 0 radical (unpaired) electrons. The van der Waals surface area contributed by atoms with Gasteiger partial charge in [-0.05, 0) is 5.41 Å². The topological polar surface area (TPSA) is 110 Å². The molecule has 0 aromatic carbocycles. The van der Waals surface area contributed by atoms with Crippen LogP contribution in [0, 0.1) is 11.3 Å². The average molecular weight is 274 g/mol. The monoisotopic (exact) mass is 274 g/mol. The summed E-state index contributed by atoms with van der Waals surface area (Å²) in [6.07, 6.45) is 1.07. The predicted octanol–water partition coefficient (Wildman–Crippen LogP) is 0.438. The lowest BCUT2D eigenvalue weighted by Gasteiger charge is -1.96. The number of hydrogen-bond donors (Lipinski definition) is 1. The van der Waals surface area contributed by atoms with Crippen LogP contribution in [0.25, 0.3) is 0 Å². The summed E-state index contributed by atoms with van der Waals surface area (Å²) in [5.41, 5.74) is -0.444. The van der Waals surface area contributed by atoms with Crippen LogP contribution in [0.1, 0.15) is 31.5 Å². The van der Waals surface area contributed by atoms with Crippen LogP contribution in [-0.2, 0) is 20.4 Å². The zero-order valence-electron chi connectivity index (χ0n) is 10.2. The van der Waals surface area contributed by atoms with Crippen molar-refractivity contribution in [1.29, 1.82) is 0 Å². The predicted molar refractivity (Wildman–Crippen MR) is 60.5 cm³/mol. The van der Waals surface area contributed by atoms with E-state index < -0.39 is 27.1 Å². The average Bonchev–Trinajstić information content (AvgIpc) is 2.50. The summed E-state index contributed by atoms with van der Waals surface area (Å²) in [5.74, 6) is -1.86. The van der Waals surface area contributed by atoms with E-state index in [1.165, 1.54) is 0 Å². The van der Waals surface area contributed by atoms with Gasteiger partial charge in [0.2, 0.25) is 5.89 Å². The Balaban J connectivity index is 2.20. The maximum absolute atomic E-state index is 11.1. The fraction of sp³-hybridized carbons (Fsp3) is 0.700. The minimum atomic E-state index is -3.23. The van der Waals surface area contributed by atoms with Crippen LogP contribution in [0.2, 0.25) is 0 Å². The van der Waals surface area contributed by atoms with Crippen LogP contribution in [0.3, 0.4) is 0 Å². The Morgan fingerprint density at radius 3 is 2.56 bits per heavy atom. The number of rotatable bonds is 4. The largest absolute Gasteiger partial charge is 0.481 e. The molecule has 1 saturated carbocycles. The van der Waals surface area contributed by atoms with Crippen LogP contribution in [0.15, 0.2) is 4.52 Å². The minimum absolute atomic E-state index is 0.0688. The second kappa shape index (κ2) is 3.78. The Morgan fingerprint density at radius 2 is 2.11 bits per heavy atom. The molecule has 1 fully saturated rings. The van der Waals surface area contributed by atoms with Gasteiger partial charge in [-0.15, -0.1) is 0 Å². The summed E-state index contributed by atoms with van der Waals surface area (Å²) < 4.78 is 27.1. The Bertz CT molecular complexity index is 589. The molecule has 1 N–H and O–H groups in total. The van der Waals surface area contributed by atoms with Gasteiger partial charge in [-0.3, -0.25) is 4.79 Å². The van der Waals surface area contributed by atoms with Crippen molar-refractivity contribution in [3.63, 3.8) is 0 Å². The summed E-state index contributed by atoms with van der Waals surface area (Å²) in [5, 5.41) is 12.6. The lowest BCUT2D eigenvalue weighted by atomic mass is 10.1. The van der Waals surface area contributed by atoms with Crippen LogP contribution in [0.4, 0.5) is 0 Å². The maximum atomic E-state index is 11.1. The van der Waals surface area contributed by atoms with Gasteiger partial charge in [0.1, 0.15) is 5.75 Å². The van der Waals surface area contributed by atoms with E-state index in [2.05, 4.69) is 10.1 Å². The molecule has 1 heterocycles. The minimum Gasteiger partial charge on any atom is -0.481 e. The molecule has 100 valence electrons.